The number of carbonyl (C=O) groups is 2. The molecule has 1 fully saturated rings. The maximum absolute atomic E-state index is 11.8. The molecule has 2 amide bonds. The van der Waals surface area contributed by atoms with Crippen molar-refractivity contribution in [1.82, 2.24) is 15.6 Å². The van der Waals surface area contributed by atoms with Crippen LogP contribution >= 0.6 is 0 Å². The standard InChI is InChI=1S/C17H26N4O2/c1-4-18-17(23)13-7-8-15(19-10-13)21-9-5-6-14(11-21)20-16(22)12(2)3/h7-8,10,12,14H,4-6,9,11H2,1-3H3,(H,18,23)(H,20,22). The van der Waals surface area contributed by atoms with Crippen LogP contribution in [0.15, 0.2) is 18.3 Å². The molecule has 23 heavy (non-hydrogen) atoms. The molecule has 0 saturated carbocycles. The van der Waals surface area contributed by atoms with Crippen molar-refractivity contribution in [1.29, 1.82) is 0 Å². The molecular weight excluding hydrogens is 292 g/mol. The number of nitrogens with zero attached hydrogens (tertiary/aromatic N) is 2. The molecule has 1 aliphatic rings. The van der Waals surface area contributed by atoms with E-state index in [-0.39, 0.29) is 23.8 Å². The summed E-state index contributed by atoms with van der Waals surface area (Å²) in [5, 5.41) is 5.85. The molecule has 0 aliphatic carbocycles. The van der Waals surface area contributed by atoms with Crippen LogP contribution in [0.5, 0.6) is 0 Å². The fourth-order valence-corrected chi connectivity index (χ4v) is 2.64. The maximum atomic E-state index is 11.8. The van der Waals surface area contributed by atoms with E-state index in [1.54, 1.807) is 12.3 Å². The summed E-state index contributed by atoms with van der Waals surface area (Å²) in [7, 11) is 0. The van der Waals surface area contributed by atoms with Crippen molar-refractivity contribution in [3.63, 3.8) is 0 Å². The number of hydrogen-bond donors (Lipinski definition) is 2. The molecule has 6 nitrogen and oxygen atoms in total. The fourth-order valence-electron chi connectivity index (χ4n) is 2.64. The Morgan fingerprint density at radius 3 is 2.78 bits per heavy atom. The maximum Gasteiger partial charge on any atom is 0.252 e. The summed E-state index contributed by atoms with van der Waals surface area (Å²) in [6.07, 6.45) is 3.62. The van der Waals surface area contributed by atoms with Gasteiger partial charge in [-0.25, -0.2) is 4.98 Å². The molecule has 0 spiro atoms. The van der Waals surface area contributed by atoms with Crippen molar-refractivity contribution in [3.05, 3.63) is 23.9 Å². The van der Waals surface area contributed by atoms with Crippen LogP contribution in [0.4, 0.5) is 5.82 Å². The van der Waals surface area contributed by atoms with Crippen LogP contribution < -0.4 is 15.5 Å². The van der Waals surface area contributed by atoms with Gasteiger partial charge >= 0.3 is 0 Å². The van der Waals surface area contributed by atoms with Crippen molar-refractivity contribution in [2.24, 2.45) is 5.92 Å². The summed E-state index contributed by atoms with van der Waals surface area (Å²) in [4.78, 5) is 30.2. The van der Waals surface area contributed by atoms with E-state index in [1.165, 1.54) is 0 Å². The smallest absolute Gasteiger partial charge is 0.252 e. The Bertz CT molecular complexity index is 542. The normalized spacial score (nSPS) is 17.9. The van der Waals surface area contributed by atoms with Gasteiger partial charge in [0.1, 0.15) is 5.82 Å². The molecule has 0 bridgehead atoms. The van der Waals surface area contributed by atoms with E-state index in [4.69, 9.17) is 0 Å². The fraction of sp³-hybridized carbons (Fsp3) is 0.588. The number of anilines is 1. The lowest BCUT2D eigenvalue weighted by Gasteiger charge is -2.34. The number of aromatic nitrogens is 1. The van der Waals surface area contributed by atoms with Gasteiger partial charge in [-0.3, -0.25) is 9.59 Å². The van der Waals surface area contributed by atoms with Gasteiger partial charge in [0.2, 0.25) is 5.91 Å². The number of rotatable bonds is 5. The Morgan fingerprint density at radius 1 is 1.39 bits per heavy atom. The second kappa shape index (κ2) is 7.94. The number of pyridine rings is 1. The lowest BCUT2D eigenvalue weighted by Crippen LogP contribution is -2.49. The Kier molecular flexibility index (Phi) is 5.96. The van der Waals surface area contributed by atoms with Crippen LogP contribution in [0.2, 0.25) is 0 Å². The molecule has 2 heterocycles. The first-order chi connectivity index (χ1) is 11.0. The molecule has 2 N–H and O–H groups in total. The van der Waals surface area contributed by atoms with Crippen LogP contribution in [-0.2, 0) is 4.79 Å². The average Bonchev–Trinajstić information content (AvgIpc) is 2.55. The molecule has 1 atom stereocenters. The highest BCUT2D eigenvalue weighted by Gasteiger charge is 2.23. The molecule has 0 radical (unpaired) electrons. The third-order valence-electron chi connectivity index (χ3n) is 3.96. The molecule has 1 aromatic rings. The Morgan fingerprint density at radius 2 is 2.17 bits per heavy atom. The molecule has 126 valence electrons. The zero-order valence-corrected chi connectivity index (χ0v) is 14.1. The topological polar surface area (TPSA) is 74.3 Å². The predicted octanol–water partition coefficient (Wildman–Crippen LogP) is 1.57. The number of carbonyl (C=O) groups excluding carboxylic acids is 2. The van der Waals surface area contributed by atoms with Gasteiger partial charge < -0.3 is 15.5 Å². The van der Waals surface area contributed by atoms with E-state index in [1.807, 2.05) is 26.8 Å². The van der Waals surface area contributed by atoms with Crippen LogP contribution in [0, 0.1) is 5.92 Å². The quantitative estimate of drug-likeness (QED) is 0.864. The van der Waals surface area contributed by atoms with Gasteiger partial charge in [-0.2, -0.15) is 0 Å². The molecule has 0 aromatic carbocycles. The Balaban J connectivity index is 1.98. The number of piperidine rings is 1. The van der Waals surface area contributed by atoms with E-state index in [9.17, 15) is 9.59 Å². The third-order valence-corrected chi connectivity index (χ3v) is 3.96. The largest absolute Gasteiger partial charge is 0.355 e. The van der Waals surface area contributed by atoms with Gasteiger partial charge in [0.15, 0.2) is 0 Å². The SMILES string of the molecule is CCNC(=O)c1ccc(N2CCCC(NC(=O)C(C)C)C2)nc1. The highest BCUT2D eigenvalue weighted by Crippen LogP contribution is 2.18. The van der Waals surface area contributed by atoms with Crippen LogP contribution in [-0.4, -0.2) is 42.5 Å². The molecular formula is C17H26N4O2. The van der Waals surface area contributed by atoms with E-state index >= 15 is 0 Å². The first kappa shape index (κ1) is 17.2. The highest BCUT2D eigenvalue weighted by molar-refractivity contribution is 5.94. The van der Waals surface area contributed by atoms with Crippen molar-refractivity contribution in [3.8, 4) is 0 Å². The van der Waals surface area contributed by atoms with Gasteiger partial charge in [0.25, 0.3) is 5.91 Å². The molecule has 2 rings (SSSR count). The summed E-state index contributed by atoms with van der Waals surface area (Å²) in [6, 6.07) is 3.82. The molecule has 1 saturated heterocycles. The average molecular weight is 318 g/mol. The summed E-state index contributed by atoms with van der Waals surface area (Å²) in [5.41, 5.74) is 0.567. The van der Waals surface area contributed by atoms with Crippen LogP contribution in [0.25, 0.3) is 0 Å². The van der Waals surface area contributed by atoms with Gasteiger partial charge in [0.05, 0.1) is 5.56 Å². The van der Waals surface area contributed by atoms with E-state index in [0.717, 1.165) is 31.7 Å². The number of hydrogen-bond acceptors (Lipinski definition) is 4. The van der Waals surface area contributed by atoms with Crippen molar-refractivity contribution in [2.75, 3.05) is 24.5 Å². The minimum Gasteiger partial charge on any atom is -0.355 e. The van der Waals surface area contributed by atoms with Crippen LogP contribution in [0.3, 0.4) is 0 Å². The predicted molar refractivity (Wildman–Crippen MR) is 90.5 cm³/mol. The molecule has 1 aromatic heterocycles. The lowest BCUT2D eigenvalue weighted by molar-refractivity contribution is -0.124. The summed E-state index contributed by atoms with van der Waals surface area (Å²) in [5.74, 6) is 0.838. The second-order valence-electron chi connectivity index (χ2n) is 6.21. The summed E-state index contributed by atoms with van der Waals surface area (Å²) in [6.45, 7) is 7.96. The zero-order chi connectivity index (χ0) is 16.8. The van der Waals surface area contributed by atoms with Gasteiger partial charge in [-0.1, -0.05) is 13.8 Å². The number of nitrogens with one attached hydrogen (secondary N) is 2. The first-order valence-electron chi connectivity index (χ1n) is 8.30. The minimum atomic E-state index is -0.104. The van der Waals surface area contributed by atoms with Crippen molar-refractivity contribution >= 4 is 17.6 Å². The monoisotopic (exact) mass is 318 g/mol. The van der Waals surface area contributed by atoms with Gasteiger partial charge in [-0.15, -0.1) is 0 Å². The van der Waals surface area contributed by atoms with E-state index in [2.05, 4.69) is 20.5 Å². The highest BCUT2D eigenvalue weighted by atomic mass is 16.2. The van der Waals surface area contributed by atoms with Gasteiger partial charge in [-0.05, 0) is 31.9 Å². The van der Waals surface area contributed by atoms with Crippen molar-refractivity contribution in [2.45, 2.75) is 39.7 Å². The number of amides is 2. The second-order valence-corrected chi connectivity index (χ2v) is 6.21. The minimum absolute atomic E-state index is 0.000127. The zero-order valence-electron chi connectivity index (χ0n) is 14.1. The summed E-state index contributed by atoms with van der Waals surface area (Å²) >= 11 is 0. The van der Waals surface area contributed by atoms with Crippen molar-refractivity contribution < 1.29 is 9.59 Å². The first-order valence-corrected chi connectivity index (χ1v) is 8.30. The van der Waals surface area contributed by atoms with Crippen LogP contribution in [0.1, 0.15) is 44.0 Å². The van der Waals surface area contributed by atoms with E-state index < -0.39 is 0 Å². The van der Waals surface area contributed by atoms with E-state index in [0.29, 0.717) is 12.1 Å². The molecule has 6 heteroatoms. The lowest BCUT2D eigenvalue weighted by atomic mass is 10.0. The third kappa shape index (κ3) is 4.68. The molecule has 1 unspecified atom stereocenters. The summed E-state index contributed by atoms with van der Waals surface area (Å²) < 4.78 is 0. The Labute approximate surface area is 137 Å². The Hall–Kier alpha value is -2.11. The molecule has 1 aliphatic heterocycles. The van der Waals surface area contributed by atoms with Gasteiger partial charge in [0, 0.05) is 37.8 Å².